The molecule has 3 rings (SSSR count). The van der Waals surface area contributed by atoms with Crippen molar-refractivity contribution in [1.29, 1.82) is 5.26 Å². The molecule has 1 aliphatic heterocycles. The molecule has 1 aliphatic rings. The molecule has 12 heteroatoms. The maximum Gasteiger partial charge on any atom is 0.313 e. The van der Waals surface area contributed by atoms with E-state index >= 15 is 0 Å². The Balaban J connectivity index is 1.90. The molecule has 1 saturated heterocycles. The zero-order valence-electron chi connectivity index (χ0n) is 19.5. The van der Waals surface area contributed by atoms with Gasteiger partial charge in [0.2, 0.25) is 11.5 Å². The monoisotopic (exact) mass is 475 g/mol. The van der Waals surface area contributed by atoms with Crippen molar-refractivity contribution in [3.05, 3.63) is 24.2 Å². The van der Waals surface area contributed by atoms with Gasteiger partial charge in [0.05, 0.1) is 17.7 Å². The molecular formula is C22H29N5O7. The van der Waals surface area contributed by atoms with E-state index in [0.717, 1.165) is 0 Å². The Hall–Kier alpha value is -3.11. The molecule has 3 N–H and O–H groups in total. The van der Waals surface area contributed by atoms with E-state index in [9.17, 15) is 25.1 Å². The number of fused-ring (bicyclic) bond motifs is 1. The van der Waals surface area contributed by atoms with Gasteiger partial charge in [-0.3, -0.25) is 9.59 Å². The molecule has 3 heterocycles. The maximum atomic E-state index is 12.0. The van der Waals surface area contributed by atoms with Crippen LogP contribution in [-0.2, 0) is 29.4 Å². The summed E-state index contributed by atoms with van der Waals surface area (Å²) in [5.41, 5.74) is -2.17. The van der Waals surface area contributed by atoms with Crippen LogP contribution in [0.15, 0.2) is 18.5 Å². The summed E-state index contributed by atoms with van der Waals surface area (Å²) in [6.45, 7) is 5.86. The van der Waals surface area contributed by atoms with Gasteiger partial charge >= 0.3 is 5.97 Å². The maximum absolute atomic E-state index is 12.0. The zero-order chi connectivity index (χ0) is 25.1. The highest BCUT2D eigenvalue weighted by atomic mass is 16.7. The van der Waals surface area contributed by atoms with E-state index in [1.807, 2.05) is 13.0 Å². The van der Waals surface area contributed by atoms with Gasteiger partial charge in [0, 0.05) is 6.42 Å². The summed E-state index contributed by atoms with van der Waals surface area (Å²) < 4.78 is 17.8. The van der Waals surface area contributed by atoms with Gasteiger partial charge in [0.15, 0.2) is 12.6 Å². The Bertz CT molecular complexity index is 1090. The van der Waals surface area contributed by atoms with E-state index in [4.69, 9.17) is 14.2 Å². The molecule has 34 heavy (non-hydrogen) atoms. The lowest BCUT2D eigenvalue weighted by Gasteiger charge is -2.25. The number of amides is 1. The van der Waals surface area contributed by atoms with Crippen molar-refractivity contribution in [1.82, 2.24) is 14.6 Å². The second-order valence-electron chi connectivity index (χ2n) is 8.98. The van der Waals surface area contributed by atoms with Gasteiger partial charge in [-0.25, -0.2) is 9.50 Å². The number of carbonyl (C=O) groups excluding carboxylic acids is 2. The summed E-state index contributed by atoms with van der Waals surface area (Å²) in [5.74, 6) is -0.502. The predicted octanol–water partition coefficient (Wildman–Crippen LogP) is 0.871. The van der Waals surface area contributed by atoms with E-state index < -0.39 is 48.7 Å². The molecule has 0 spiro atoms. The van der Waals surface area contributed by atoms with E-state index in [2.05, 4.69) is 15.4 Å². The summed E-state index contributed by atoms with van der Waals surface area (Å²) in [6, 6.07) is 5.08. The van der Waals surface area contributed by atoms with Crippen LogP contribution in [0, 0.1) is 16.7 Å². The third-order valence-electron chi connectivity index (χ3n) is 5.41. The summed E-state index contributed by atoms with van der Waals surface area (Å²) in [5, 5.41) is 37.8. The fourth-order valence-electron chi connectivity index (χ4n) is 3.63. The minimum absolute atomic E-state index is 0.155. The Morgan fingerprint density at radius 2 is 2.12 bits per heavy atom. The standard InChI is InChI=1S/C22H29N5O7/c1-5-6-16(29)26-19-13-7-8-15(27(13)25-11-24-19)22(10-23)18(30)17(14(9-28)34-22)32-12-33-20(31)21(2,3)4/h7-8,11,14,17-18,28,30H,5-6,9,12H2,1-4H3,(H,24,25,26,29)/t14-,17-,18-,22+/m1/s1. The number of hydrogen-bond acceptors (Lipinski definition) is 10. The van der Waals surface area contributed by atoms with Crippen LogP contribution in [0.1, 0.15) is 46.2 Å². The first kappa shape index (κ1) is 25.5. The highest BCUT2D eigenvalue weighted by Crippen LogP contribution is 2.41. The van der Waals surface area contributed by atoms with Crippen LogP contribution in [0.4, 0.5) is 5.82 Å². The number of aromatic nitrogens is 3. The molecule has 184 valence electrons. The van der Waals surface area contributed by atoms with Gasteiger partial charge in [-0.15, -0.1) is 0 Å². The summed E-state index contributed by atoms with van der Waals surface area (Å²) in [4.78, 5) is 28.1. The molecule has 0 bridgehead atoms. The second kappa shape index (κ2) is 10.0. The number of aliphatic hydroxyl groups is 2. The predicted molar refractivity (Wildman–Crippen MR) is 117 cm³/mol. The fraction of sp³-hybridized carbons (Fsp3) is 0.591. The number of nitrogens with zero attached hydrogens (tertiary/aromatic N) is 4. The van der Waals surface area contributed by atoms with Crippen molar-refractivity contribution in [3.8, 4) is 6.07 Å². The smallest absolute Gasteiger partial charge is 0.313 e. The number of hydrogen-bond donors (Lipinski definition) is 3. The van der Waals surface area contributed by atoms with E-state index in [1.165, 1.54) is 16.9 Å². The lowest BCUT2D eigenvalue weighted by Crippen LogP contribution is -2.42. The number of nitrogens with one attached hydrogen (secondary N) is 1. The Kier molecular flexibility index (Phi) is 7.52. The first-order chi connectivity index (χ1) is 16.1. The highest BCUT2D eigenvalue weighted by Gasteiger charge is 2.58. The molecule has 2 aromatic rings. The van der Waals surface area contributed by atoms with Gasteiger partial charge in [-0.05, 0) is 39.3 Å². The van der Waals surface area contributed by atoms with Gasteiger partial charge < -0.3 is 29.7 Å². The lowest BCUT2D eigenvalue weighted by atomic mass is 9.92. The van der Waals surface area contributed by atoms with Crippen LogP contribution < -0.4 is 5.32 Å². The van der Waals surface area contributed by atoms with Crippen molar-refractivity contribution in [3.63, 3.8) is 0 Å². The molecule has 0 saturated carbocycles. The van der Waals surface area contributed by atoms with Crippen LogP contribution in [0.3, 0.4) is 0 Å². The SMILES string of the molecule is CCCC(=O)Nc1ncnn2c([C@]3(C#N)O[C@H](CO)[C@@H](OCOC(=O)C(C)(C)C)[C@H]3O)ccc12. The van der Waals surface area contributed by atoms with Crippen LogP contribution in [0.5, 0.6) is 0 Å². The van der Waals surface area contributed by atoms with Gasteiger partial charge in [0.25, 0.3) is 0 Å². The number of ether oxygens (including phenoxy) is 3. The van der Waals surface area contributed by atoms with Gasteiger partial charge in [-0.2, -0.15) is 10.4 Å². The van der Waals surface area contributed by atoms with Gasteiger partial charge in [-0.1, -0.05) is 6.92 Å². The third-order valence-corrected chi connectivity index (χ3v) is 5.41. The Morgan fingerprint density at radius 3 is 2.74 bits per heavy atom. The van der Waals surface area contributed by atoms with Crippen LogP contribution in [0.25, 0.3) is 5.52 Å². The summed E-state index contributed by atoms with van der Waals surface area (Å²) in [6.07, 6.45) is -1.65. The van der Waals surface area contributed by atoms with Crippen molar-refractivity contribution in [2.75, 3.05) is 18.7 Å². The third kappa shape index (κ3) is 4.74. The molecule has 1 amide bonds. The molecule has 0 unspecified atom stereocenters. The minimum Gasteiger partial charge on any atom is -0.438 e. The number of aliphatic hydroxyl groups excluding tert-OH is 2. The van der Waals surface area contributed by atoms with E-state index in [-0.39, 0.29) is 17.4 Å². The molecule has 0 radical (unpaired) electrons. The quantitative estimate of drug-likeness (QED) is 0.368. The molecule has 4 atom stereocenters. The molecule has 2 aromatic heterocycles. The van der Waals surface area contributed by atoms with Crippen LogP contribution in [-0.4, -0.2) is 68.4 Å². The zero-order valence-corrected chi connectivity index (χ0v) is 19.5. The first-order valence-corrected chi connectivity index (χ1v) is 10.9. The number of carbonyl (C=O) groups is 2. The van der Waals surface area contributed by atoms with Crippen molar-refractivity contribution < 1.29 is 34.0 Å². The van der Waals surface area contributed by atoms with Crippen LogP contribution in [0.2, 0.25) is 0 Å². The summed E-state index contributed by atoms with van der Waals surface area (Å²) >= 11 is 0. The normalized spacial score (nSPS) is 24.7. The molecule has 1 fully saturated rings. The lowest BCUT2D eigenvalue weighted by molar-refractivity contribution is -0.177. The van der Waals surface area contributed by atoms with Crippen molar-refractivity contribution in [2.45, 2.75) is 64.4 Å². The Labute approximate surface area is 196 Å². The number of esters is 1. The molecule has 0 aromatic carbocycles. The first-order valence-electron chi connectivity index (χ1n) is 10.9. The number of anilines is 1. The van der Waals surface area contributed by atoms with Crippen LogP contribution >= 0.6 is 0 Å². The number of rotatable bonds is 8. The molecule has 0 aliphatic carbocycles. The second-order valence-corrected chi connectivity index (χ2v) is 8.98. The topological polar surface area (TPSA) is 168 Å². The Morgan fingerprint density at radius 1 is 1.38 bits per heavy atom. The average Bonchev–Trinajstić information content (AvgIpc) is 3.34. The average molecular weight is 476 g/mol. The fourth-order valence-corrected chi connectivity index (χ4v) is 3.63. The van der Waals surface area contributed by atoms with Gasteiger partial charge in [0.1, 0.15) is 36.2 Å². The summed E-state index contributed by atoms with van der Waals surface area (Å²) in [7, 11) is 0. The molecule has 12 nitrogen and oxygen atoms in total. The number of nitriles is 1. The highest BCUT2D eigenvalue weighted by molar-refractivity contribution is 5.93. The van der Waals surface area contributed by atoms with Crippen molar-refractivity contribution >= 4 is 23.2 Å². The van der Waals surface area contributed by atoms with E-state index in [0.29, 0.717) is 18.4 Å². The molecular weight excluding hydrogens is 446 g/mol. The van der Waals surface area contributed by atoms with Crippen molar-refractivity contribution in [2.24, 2.45) is 5.41 Å². The largest absolute Gasteiger partial charge is 0.438 e. The van der Waals surface area contributed by atoms with E-state index in [1.54, 1.807) is 26.8 Å². The minimum atomic E-state index is -1.96.